The molecule has 3 heteroatoms. The summed E-state index contributed by atoms with van der Waals surface area (Å²) in [6.45, 7) is 1.68. The van der Waals surface area contributed by atoms with Crippen LogP contribution in [0.3, 0.4) is 0 Å². The molecule has 0 N–H and O–H groups in total. The number of carbonyl (C=O) groups is 2. The summed E-state index contributed by atoms with van der Waals surface area (Å²) in [7, 11) is 0. The standard InChI is InChI=1S/C15H14O3/c1-3-8-18-12-5-7-14-11(9-12)4-6-13(10(2)16)15(14)17/h1,5,7,9,13H,4,6,8H2,2H3. The lowest BCUT2D eigenvalue weighted by atomic mass is 9.81. The summed E-state index contributed by atoms with van der Waals surface area (Å²) < 4.78 is 5.32. The van der Waals surface area contributed by atoms with Gasteiger partial charge in [0.1, 0.15) is 18.1 Å². The first-order valence-electron chi connectivity index (χ1n) is 5.87. The maximum Gasteiger partial charge on any atom is 0.173 e. The molecular weight excluding hydrogens is 228 g/mol. The van der Waals surface area contributed by atoms with E-state index < -0.39 is 5.92 Å². The number of hydrogen-bond acceptors (Lipinski definition) is 3. The number of ketones is 2. The topological polar surface area (TPSA) is 43.4 Å². The van der Waals surface area contributed by atoms with Crippen LogP contribution in [0.25, 0.3) is 0 Å². The zero-order chi connectivity index (χ0) is 13.1. The van der Waals surface area contributed by atoms with E-state index >= 15 is 0 Å². The normalized spacial score (nSPS) is 17.8. The molecule has 0 amide bonds. The number of rotatable bonds is 3. The SMILES string of the molecule is C#CCOc1ccc2c(c1)CCC(C(C)=O)C2=O. The summed E-state index contributed by atoms with van der Waals surface area (Å²) in [6, 6.07) is 5.27. The molecule has 1 aromatic carbocycles. The molecule has 0 saturated heterocycles. The number of benzene rings is 1. The van der Waals surface area contributed by atoms with E-state index in [1.165, 1.54) is 6.92 Å². The minimum Gasteiger partial charge on any atom is -0.481 e. The summed E-state index contributed by atoms with van der Waals surface area (Å²) in [4.78, 5) is 23.4. The van der Waals surface area contributed by atoms with Gasteiger partial charge in [-0.25, -0.2) is 0 Å². The molecule has 1 unspecified atom stereocenters. The van der Waals surface area contributed by atoms with Crippen molar-refractivity contribution < 1.29 is 14.3 Å². The second-order valence-electron chi connectivity index (χ2n) is 4.38. The Morgan fingerprint density at radius 3 is 3.00 bits per heavy atom. The molecule has 0 heterocycles. The Morgan fingerprint density at radius 2 is 2.33 bits per heavy atom. The lowest BCUT2D eigenvalue weighted by molar-refractivity contribution is -0.119. The summed E-state index contributed by atoms with van der Waals surface area (Å²) >= 11 is 0. The van der Waals surface area contributed by atoms with Crippen molar-refractivity contribution in [3.63, 3.8) is 0 Å². The van der Waals surface area contributed by atoms with E-state index in [0.717, 1.165) is 12.0 Å². The minimum atomic E-state index is -0.477. The zero-order valence-corrected chi connectivity index (χ0v) is 10.2. The van der Waals surface area contributed by atoms with Gasteiger partial charge in [0, 0.05) is 5.56 Å². The molecule has 92 valence electrons. The van der Waals surface area contributed by atoms with E-state index in [9.17, 15) is 9.59 Å². The van der Waals surface area contributed by atoms with Crippen LogP contribution in [0.2, 0.25) is 0 Å². The second kappa shape index (κ2) is 5.05. The van der Waals surface area contributed by atoms with E-state index in [0.29, 0.717) is 17.7 Å². The second-order valence-corrected chi connectivity index (χ2v) is 4.38. The number of Topliss-reactive ketones (excluding diaryl/α,β-unsaturated/α-hetero) is 2. The van der Waals surface area contributed by atoms with Gasteiger partial charge >= 0.3 is 0 Å². The summed E-state index contributed by atoms with van der Waals surface area (Å²) in [6.07, 6.45) is 6.43. The fraction of sp³-hybridized carbons (Fsp3) is 0.333. The third-order valence-electron chi connectivity index (χ3n) is 3.17. The van der Waals surface area contributed by atoms with Crippen LogP contribution in [-0.2, 0) is 11.2 Å². The van der Waals surface area contributed by atoms with Gasteiger partial charge in [0.05, 0.1) is 5.92 Å². The largest absolute Gasteiger partial charge is 0.481 e. The van der Waals surface area contributed by atoms with E-state index in [1.807, 2.05) is 6.07 Å². The maximum absolute atomic E-state index is 12.1. The summed E-state index contributed by atoms with van der Waals surface area (Å²) in [5.74, 6) is 2.45. The highest BCUT2D eigenvalue weighted by atomic mass is 16.5. The maximum atomic E-state index is 12.1. The molecule has 0 saturated carbocycles. The van der Waals surface area contributed by atoms with Crippen LogP contribution < -0.4 is 4.74 Å². The van der Waals surface area contributed by atoms with Gasteiger partial charge in [-0.05, 0) is 43.5 Å². The van der Waals surface area contributed by atoms with E-state index in [4.69, 9.17) is 11.2 Å². The number of ether oxygens (including phenoxy) is 1. The Morgan fingerprint density at radius 1 is 1.56 bits per heavy atom. The number of fused-ring (bicyclic) bond motifs is 1. The first kappa shape index (κ1) is 12.4. The van der Waals surface area contributed by atoms with Crippen LogP contribution in [0.4, 0.5) is 0 Å². The van der Waals surface area contributed by atoms with Crippen molar-refractivity contribution in [2.75, 3.05) is 6.61 Å². The van der Waals surface area contributed by atoms with Crippen LogP contribution in [0.5, 0.6) is 5.75 Å². The number of aryl methyl sites for hydroxylation is 1. The van der Waals surface area contributed by atoms with Crippen LogP contribution in [-0.4, -0.2) is 18.2 Å². The van der Waals surface area contributed by atoms with Crippen molar-refractivity contribution in [2.45, 2.75) is 19.8 Å². The molecule has 1 aliphatic rings. The highest BCUT2D eigenvalue weighted by molar-refractivity contribution is 6.11. The van der Waals surface area contributed by atoms with Crippen molar-refractivity contribution in [1.29, 1.82) is 0 Å². The molecule has 2 rings (SSSR count). The molecule has 0 spiro atoms. The lowest BCUT2D eigenvalue weighted by Gasteiger charge is -2.21. The smallest absolute Gasteiger partial charge is 0.173 e. The highest BCUT2D eigenvalue weighted by Crippen LogP contribution is 2.29. The predicted molar refractivity (Wildman–Crippen MR) is 67.6 cm³/mol. The van der Waals surface area contributed by atoms with E-state index in [-0.39, 0.29) is 18.2 Å². The first-order chi connectivity index (χ1) is 8.63. The van der Waals surface area contributed by atoms with Gasteiger partial charge in [-0.2, -0.15) is 0 Å². The Labute approximate surface area is 106 Å². The van der Waals surface area contributed by atoms with Gasteiger partial charge < -0.3 is 4.74 Å². The highest BCUT2D eigenvalue weighted by Gasteiger charge is 2.30. The van der Waals surface area contributed by atoms with Crippen molar-refractivity contribution >= 4 is 11.6 Å². The third kappa shape index (κ3) is 2.28. The molecule has 0 aromatic heterocycles. The monoisotopic (exact) mass is 242 g/mol. The molecule has 18 heavy (non-hydrogen) atoms. The fourth-order valence-electron chi connectivity index (χ4n) is 2.24. The molecule has 0 radical (unpaired) electrons. The molecular formula is C15H14O3. The van der Waals surface area contributed by atoms with Gasteiger partial charge in [-0.1, -0.05) is 5.92 Å². The van der Waals surface area contributed by atoms with Gasteiger partial charge in [0.2, 0.25) is 0 Å². The van der Waals surface area contributed by atoms with Crippen molar-refractivity contribution in [1.82, 2.24) is 0 Å². The first-order valence-corrected chi connectivity index (χ1v) is 5.87. The molecule has 1 aromatic rings. The van der Waals surface area contributed by atoms with Crippen LogP contribution in [0, 0.1) is 18.3 Å². The van der Waals surface area contributed by atoms with Crippen LogP contribution >= 0.6 is 0 Å². The number of terminal acetylenes is 1. The Hall–Kier alpha value is -2.08. The van der Waals surface area contributed by atoms with Crippen molar-refractivity contribution in [3.05, 3.63) is 29.3 Å². The Bertz CT molecular complexity index is 537. The number of hydrogen-bond donors (Lipinski definition) is 0. The average Bonchev–Trinajstić information content (AvgIpc) is 2.36. The molecule has 1 aliphatic carbocycles. The van der Waals surface area contributed by atoms with Crippen LogP contribution in [0.15, 0.2) is 18.2 Å². The molecule has 3 nitrogen and oxygen atoms in total. The zero-order valence-electron chi connectivity index (χ0n) is 10.2. The van der Waals surface area contributed by atoms with Gasteiger partial charge in [0.25, 0.3) is 0 Å². The summed E-state index contributed by atoms with van der Waals surface area (Å²) in [5, 5.41) is 0. The number of carbonyl (C=O) groups excluding carboxylic acids is 2. The average molecular weight is 242 g/mol. The summed E-state index contributed by atoms with van der Waals surface area (Å²) in [5.41, 5.74) is 1.57. The van der Waals surface area contributed by atoms with E-state index in [2.05, 4.69) is 5.92 Å². The van der Waals surface area contributed by atoms with Crippen LogP contribution in [0.1, 0.15) is 29.3 Å². The third-order valence-corrected chi connectivity index (χ3v) is 3.17. The molecule has 0 bridgehead atoms. The van der Waals surface area contributed by atoms with Gasteiger partial charge in [-0.3, -0.25) is 9.59 Å². The fourth-order valence-corrected chi connectivity index (χ4v) is 2.24. The quantitative estimate of drug-likeness (QED) is 0.601. The lowest BCUT2D eigenvalue weighted by Crippen LogP contribution is -2.27. The molecule has 0 aliphatic heterocycles. The predicted octanol–water partition coefficient (Wildman–Crippen LogP) is 2.03. The van der Waals surface area contributed by atoms with E-state index in [1.54, 1.807) is 12.1 Å². The van der Waals surface area contributed by atoms with Crippen molar-refractivity contribution in [2.24, 2.45) is 5.92 Å². The Balaban J connectivity index is 2.27. The van der Waals surface area contributed by atoms with Gasteiger partial charge in [0.15, 0.2) is 5.78 Å². The van der Waals surface area contributed by atoms with Gasteiger partial charge in [-0.15, -0.1) is 6.42 Å². The minimum absolute atomic E-state index is 0.0571. The molecule has 0 fully saturated rings. The molecule has 1 atom stereocenters. The van der Waals surface area contributed by atoms with Crippen molar-refractivity contribution in [3.8, 4) is 18.1 Å². The Kier molecular flexibility index (Phi) is 3.47.